The maximum atomic E-state index is 12.3. The van der Waals surface area contributed by atoms with Crippen LogP contribution in [0.3, 0.4) is 0 Å². The molecule has 3 nitrogen and oxygen atoms in total. The molecule has 3 rings (SSSR count). The Hall–Kier alpha value is -2.20. The molecule has 23 heavy (non-hydrogen) atoms. The second-order valence-electron chi connectivity index (χ2n) is 5.65. The number of carbonyl (C=O) groups excluding carboxylic acids is 1. The molecule has 0 aliphatic heterocycles. The molecule has 0 aliphatic carbocycles. The van der Waals surface area contributed by atoms with Gasteiger partial charge in [0.1, 0.15) is 5.58 Å². The standard InChI is InChI=1S/C19H19NO2S/c1-12-8-17-14(11-22-18(17)9-13(12)2)10-19(21)20-15-4-6-16(23-3)7-5-15/h4-9,11H,10H2,1-3H3,(H,20,21). The minimum Gasteiger partial charge on any atom is -0.464 e. The van der Waals surface area contributed by atoms with Gasteiger partial charge in [0.2, 0.25) is 5.91 Å². The molecule has 1 amide bonds. The van der Waals surface area contributed by atoms with Crippen LogP contribution in [-0.2, 0) is 11.2 Å². The molecule has 4 heteroatoms. The summed E-state index contributed by atoms with van der Waals surface area (Å²) in [7, 11) is 0. The Kier molecular flexibility index (Phi) is 4.44. The predicted molar refractivity (Wildman–Crippen MR) is 96.2 cm³/mol. The van der Waals surface area contributed by atoms with Crippen molar-refractivity contribution in [1.82, 2.24) is 0 Å². The number of nitrogens with one attached hydrogen (secondary N) is 1. The quantitative estimate of drug-likeness (QED) is 0.690. The Morgan fingerprint density at radius 2 is 1.83 bits per heavy atom. The number of furan rings is 1. The van der Waals surface area contributed by atoms with Crippen molar-refractivity contribution in [3.63, 3.8) is 0 Å². The lowest BCUT2D eigenvalue weighted by Gasteiger charge is -2.06. The van der Waals surface area contributed by atoms with Gasteiger partial charge in [0.05, 0.1) is 12.7 Å². The highest BCUT2D eigenvalue weighted by molar-refractivity contribution is 7.98. The maximum Gasteiger partial charge on any atom is 0.228 e. The summed E-state index contributed by atoms with van der Waals surface area (Å²) < 4.78 is 5.58. The molecule has 0 atom stereocenters. The lowest BCUT2D eigenvalue weighted by Crippen LogP contribution is -2.14. The van der Waals surface area contributed by atoms with Crippen LogP contribution in [0.5, 0.6) is 0 Å². The van der Waals surface area contributed by atoms with Crippen LogP contribution in [0.15, 0.2) is 52.0 Å². The van der Waals surface area contributed by atoms with E-state index in [0.717, 1.165) is 22.2 Å². The topological polar surface area (TPSA) is 42.2 Å². The average Bonchev–Trinajstić information content (AvgIpc) is 2.90. The van der Waals surface area contributed by atoms with Crippen molar-refractivity contribution in [2.75, 3.05) is 11.6 Å². The van der Waals surface area contributed by atoms with Gasteiger partial charge in [-0.15, -0.1) is 11.8 Å². The van der Waals surface area contributed by atoms with Crippen molar-refractivity contribution >= 4 is 34.3 Å². The molecule has 0 saturated carbocycles. The number of anilines is 1. The number of aryl methyl sites for hydroxylation is 2. The van der Waals surface area contributed by atoms with Crippen LogP contribution >= 0.6 is 11.8 Å². The third-order valence-corrected chi connectivity index (χ3v) is 4.74. The van der Waals surface area contributed by atoms with Gasteiger partial charge in [-0.05, 0) is 67.6 Å². The molecule has 0 aliphatic rings. The first kappa shape index (κ1) is 15.7. The van der Waals surface area contributed by atoms with Gasteiger partial charge in [0.15, 0.2) is 0 Å². The van der Waals surface area contributed by atoms with Gasteiger partial charge in [0.25, 0.3) is 0 Å². The summed E-state index contributed by atoms with van der Waals surface area (Å²) in [6, 6.07) is 12.0. The van der Waals surface area contributed by atoms with E-state index < -0.39 is 0 Å². The number of amides is 1. The molecule has 118 valence electrons. The van der Waals surface area contributed by atoms with Crippen molar-refractivity contribution < 1.29 is 9.21 Å². The van der Waals surface area contributed by atoms with E-state index >= 15 is 0 Å². The smallest absolute Gasteiger partial charge is 0.228 e. The van der Waals surface area contributed by atoms with Crippen molar-refractivity contribution in [2.24, 2.45) is 0 Å². The second kappa shape index (κ2) is 6.50. The summed E-state index contributed by atoms with van der Waals surface area (Å²) in [6.45, 7) is 4.13. The van der Waals surface area contributed by atoms with E-state index in [1.165, 1.54) is 16.0 Å². The fourth-order valence-corrected chi connectivity index (χ4v) is 2.93. The van der Waals surface area contributed by atoms with Crippen molar-refractivity contribution in [3.8, 4) is 0 Å². The fraction of sp³-hybridized carbons (Fsp3) is 0.211. The average molecular weight is 325 g/mol. The van der Waals surface area contributed by atoms with Crippen LogP contribution < -0.4 is 5.32 Å². The third kappa shape index (κ3) is 3.42. The van der Waals surface area contributed by atoms with E-state index in [0.29, 0.717) is 6.42 Å². The number of benzene rings is 2. The SMILES string of the molecule is CSc1ccc(NC(=O)Cc2coc3cc(C)c(C)cc23)cc1. The molecule has 0 unspecified atom stereocenters. The highest BCUT2D eigenvalue weighted by atomic mass is 32.2. The summed E-state index contributed by atoms with van der Waals surface area (Å²) >= 11 is 1.68. The lowest BCUT2D eigenvalue weighted by atomic mass is 10.0. The van der Waals surface area contributed by atoms with Gasteiger partial charge in [0, 0.05) is 21.5 Å². The summed E-state index contributed by atoms with van der Waals surface area (Å²) in [5.74, 6) is -0.0390. The Morgan fingerprint density at radius 3 is 2.52 bits per heavy atom. The van der Waals surface area contributed by atoms with Crippen LogP contribution in [0.4, 0.5) is 5.69 Å². The molecule has 0 saturated heterocycles. The van der Waals surface area contributed by atoms with Crippen LogP contribution in [0.25, 0.3) is 11.0 Å². The Balaban J connectivity index is 1.76. The molecular formula is C19H19NO2S. The lowest BCUT2D eigenvalue weighted by molar-refractivity contribution is -0.115. The molecule has 2 aromatic carbocycles. The zero-order valence-electron chi connectivity index (χ0n) is 13.5. The van der Waals surface area contributed by atoms with E-state index in [1.54, 1.807) is 18.0 Å². The van der Waals surface area contributed by atoms with Gasteiger partial charge < -0.3 is 9.73 Å². The minimum absolute atomic E-state index is 0.0390. The number of rotatable bonds is 4. The highest BCUT2D eigenvalue weighted by Crippen LogP contribution is 2.25. The predicted octanol–water partition coefficient (Wildman–Crippen LogP) is 4.95. The van der Waals surface area contributed by atoms with Gasteiger partial charge in [-0.2, -0.15) is 0 Å². The van der Waals surface area contributed by atoms with Crippen LogP contribution in [0, 0.1) is 13.8 Å². The fourth-order valence-electron chi connectivity index (χ4n) is 2.53. The third-order valence-electron chi connectivity index (χ3n) is 3.99. The molecular weight excluding hydrogens is 306 g/mol. The molecule has 0 fully saturated rings. The monoisotopic (exact) mass is 325 g/mol. The zero-order chi connectivity index (χ0) is 16.4. The molecule has 0 bridgehead atoms. The van der Waals surface area contributed by atoms with E-state index in [1.807, 2.05) is 36.6 Å². The Morgan fingerprint density at radius 1 is 1.13 bits per heavy atom. The van der Waals surface area contributed by atoms with Gasteiger partial charge >= 0.3 is 0 Å². The summed E-state index contributed by atoms with van der Waals surface area (Å²) in [5.41, 5.74) is 4.96. The molecule has 1 aromatic heterocycles. The first-order valence-corrected chi connectivity index (χ1v) is 8.70. The Bertz CT molecular complexity index is 850. The normalized spacial score (nSPS) is 10.9. The number of hydrogen-bond donors (Lipinski definition) is 1. The number of carbonyl (C=O) groups is 1. The molecule has 0 radical (unpaired) electrons. The molecule has 0 spiro atoms. The van der Waals surface area contributed by atoms with Crippen LogP contribution in [0.1, 0.15) is 16.7 Å². The second-order valence-corrected chi connectivity index (χ2v) is 6.53. The summed E-state index contributed by atoms with van der Waals surface area (Å²) in [6.07, 6.45) is 4.01. The molecule has 1 N–H and O–H groups in total. The summed E-state index contributed by atoms with van der Waals surface area (Å²) in [5, 5.41) is 3.95. The van der Waals surface area contributed by atoms with E-state index in [4.69, 9.17) is 4.42 Å². The Labute approximate surface area is 140 Å². The molecule has 1 heterocycles. The minimum atomic E-state index is -0.0390. The van der Waals surface area contributed by atoms with Crippen molar-refractivity contribution in [3.05, 3.63) is 59.4 Å². The first-order chi connectivity index (χ1) is 11.1. The maximum absolute atomic E-state index is 12.3. The molecule has 3 aromatic rings. The first-order valence-electron chi connectivity index (χ1n) is 7.48. The number of fused-ring (bicyclic) bond motifs is 1. The van der Waals surface area contributed by atoms with Crippen LogP contribution in [-0.4, -0.2) is 12.2 Å². The highest BCUT2D eigenvalue weighted by Gasteiger charge is 2.12. The largest absolute Gasteiger partial charge is 0.464 e. The number of hydrogen-bond acceptors (Lipinski definition) is 3. The zero-order valence-corrected chi connectivity index (χ0v) is 14.3. The van der Waals surface area contributed by atoms with Crippen molar-refractivity contribution in [2.45, 2.75) is 25.2 Å². The van der Waals surface area contributed by atoms with E-state index in [9.17, 15) is 4.79 Å². The van der Waals surface area contributed by atoms with E-state index in [-0.39, 0.29) is 5.91 Å². The van der Waals surface area contributed by atoms with Crippen LogP contribution in [0.2, 0.25) is 0 Å². The van der Waals surface area contributed by atoms with Gasteiger partial charge in [-0.3, -0.25) is 4.79 Å². The van der Waals surface area contributed by atoms with Gasteiger partial charge in [-0.1, -0.05) is 0 Å². The van der Waals surface area contributed by atoms with Crippen molar-refractivity contribution in [1.29, 1.82) is 0 Å². The summed E-state index contributed by atoms with van der Waals surface area (Å²) in [4.78, 5) is 13.4. The van der Waals surface area contributed by atoms with E-state index in [2.05, 4.69) is 25.2 Å². The number of thioether (sulfide) groups is 1. The van der Waals surface area contributed by atoms with Gasteiger partial charge in [-0.25, -0.2) is 0 Å².